The molecule has 0 spiro atoms. The Bertz CT molecular complexity index is 380. The van der Waals surface area contributed by atoms with Crippen LogP contribution in [0.25, 0.3) is 0 Å². The molecule has 0 radical (unpaired) electrons. The molecule has 5 heteroatoms. The van der Waals surface area contributed by atoms with Crippen molar-refractivity contribution in [1.29, 1.82) is 0 Å². The number of hydrogen-bond donors (Lipinski definition) is 0. The highest BCUT2D eigenvalue weighted by Crippen LogP contribution is 2.13. The van der Waals surface area contributed by atoms with E-state index in [1.54, 1.807) is 11.8 Å². The van der Waals surface area contributed by atoms with E-state index in [9.17, 15) is 0 Å². The second-order valence-corrected chi connectivity index (χ2v) is 6.40. The van der Waals surface area contributed by atoms with Gasteiger partial charge in [0.2, 0.25) is 0 Å². The second-order valence-electron chi connectivity index (χ2n) is 5.41. The maximum absolute atomic E-state index is 5.54. The monoisotopic (exact) mass is 338 g/mol. The van der Waals surface area contributed by atoms with Crippen LogP contribution in [0.4, 0.5) is 0 Å². The van der Waals surface area contributed by atoms with Crippen LogP contribution in [0.5, 0.6) is 0 Å². The maximum Gasteiger partial charge on any atom is 0.158 e. The van der Waals surface area contributed by atoms with Crippen LogP contribution in [0, 0.1) is 23.7 Å². The highest BCUT2D eigenvalue weighted by molar-refractivity contribution is 7.99. The molecule has 0 aromatic heterocycles. The molecule has 0 bridgehead atoms. The van der Waals surface area contributed by atoms with E-state index in [-0.39, 0.29) is 12.6 Å². The van der Waals surface area contributed by atoms with E-state index in [0.29, 0.717) is 13.2 Å². The molecule has 0 saturated carbocycles. The van der Waals surface area contributed by atoms with E-state index in [4.69, 9.17) is 18.9 Å². The minimum absolute atomic E-state index is 0.0512. The van der Waals surface area contributed by atoms with Gasteiger partial charge in [0.1, 0.15) is 13.2 Å². The van der Waals surface area contributed by atoms with E-state index in [0.717, 1.165) is 50.4 Å². The lowest BCUT2D eigenvalue weighted by atomic mass is 10.2. The Balaban J connectivity index is 1.40. The third kappa shape index (κ3) is 9.25. The van der Waals surface area contributed by atoms with Crippen LogP contribution in [-0.4, -0.2) is 50.5 Å². The Morgan fingerprint density at radius 2 is 1.26 bits per heavy atom. The highest BCUT2D eigenvalue weighted by Gasteiger charge is 2.13. The van der Waals surface area contributed by atoms with Crippen molar-refractivity contribution in [3.8, 4) is 23.7 Å². The zero-order valence-corrected chi connectivity index (χ0v) is 14.5. The summed E-state index contributed by atoms with van der Waals surface area (Å²) in [6, 6.07) is 0. The summed E-state index contributed by atoms with van der Waals surface area (Å²) < 4.78 is 22.0. The molecule has 2 saturated heterocycles. The zero-order chi connectivity index (χ0) is 16.0. The normalized spacial score (nSPS) is 24.2. The molecule has 2 rings (SSSR count). The molecular weight excluding hydrogens is 312 g/mol. The molecule has 2 fully saturated rings. The molecule has 0 aromatic rings. The molecule has 0 amide bonds. The fraction of sp³-hybridized carbons (Fsp3) is 0.778. The summed E-state index contributed by atoms with van der Waals surface area (Å²) in [7, 11) is 0. The first-order valence-corrected chi connectivity index (χ1v) is 9.56. The van der Waals surface area contributed by atoms with E-state index in [1.165, 1.54) is 12.8 Å². The van der Waals surface area contributed by atoms with Gasteiger partial charge in [-0.1, -0.05) is 23.7 Å². The van der Waals surface area contributed by atoms with Gasteiger partial charge in [0, 0.05) is 13.2 Å². The molecule has 4 nitrogen and oxygen atoms in total. The number of thioether (sulfide) groups is 1. The van der Waals surface area contributed by atoms with Crippen LogP contribution in [-0.2, 0) is 18.9 Å². The van der Waals surface area contributed by atoms with Crippen molar-refractivity contribution in [3.05, 3.63) is 0 Å². The molecular formula is C18H26O4S. The van der Waals surface area contributed by atoms with Gasteiger partial charge in [0.15, 0.2) is 12.6 Å². The van der Waals surface area contributed by atoms with E-state index in [1.807, 2.05) is 0 Å². The van der Waals surface area contributed by atoms with E-state index in [2.05, 4.69) is 23.7 Å². The summed E-state index contributed by atoms with van der Waals surface area (Å²) in [5.74, 6) is 13.7. The second kappa shape index (κ2) is 12.7. The van der Waals surface area contributed by atoms with Gasteiger partial charge in [-0.2, -0.15) is 0 Å². The van der Waals surface area contributed by atoms with Gasteiger partial charge < -0.3 is 18.9 Å². The van der Waals surface area contributed by atoms with Crippen LogP contribution in [0.2, 0.25) is 0 Å². The van der Waals surface area contributed by atoms with Gasteiger partial charge in [-0.05, 0) is 38.5 Å². The van der Waals surface area contributed by atoms with Gasteiger partial charge >= 0.3 is 0 Å². The van der Waals surface area contributed by atoms with Gasteiger partial charge in [-0.25, -0.2) is 0 Å². The fourth-order valence-electron chi connectivity index (χ4n) is 2.31. The molecule has 2 aliphatic heterocycles. The highest BCUT2D eigenvalue weighted by atomic mass is 32.2. The van der Waals surface area contributed by atoms with Gasteiger partial charge in [-0.15, -0.1) is 11.8 Å². The Morgan fingerprint density at radius 1 is 0.739 bits per heavy atom. The Kier molecular flexibility index (Phi) is 10.3. The Labute approximate surface area is 144 Å². The first kappa shape index (κ1) is 18.6. The van der Waals surface area contributed by atoms with Crippen molar-refractivity contribution >= 4 is 11.8 Å². The first-order chi connectivity index (χ1) is 11.4. The third-order valence-electron chi connectivity index (χ3n) is 3.56. The lowest BCUT2D eigenvalue weighted by Gasteiger charge is -2.21. The number of ether oxygens (including phenoxy) is 4. The molecule has 2 unspecified atom stereocenters. The fourth-order valence-corrected chi connectivity index (χ4v) is 2.82. The van der Waals surface area contributed by atoms with Gasteiger partial charge in [0.25, 0.3) is 0 Å². The zero-order valence-electron chi connectivity index (χ0n) is 13.7. The number of rotatable bonds is 6. The minimum Gasteiger partial charge on any atom is -0.353 e. The van der Waals surface area contributed by atoms with Crippen LogP contribution in [0.3, 0.4) is 0 Å². The van der Waals surface area contributed by atoms with E-state index < -0.39 is 0 Å². The third-order valence-corrected chi connectivity index (χ3v) is 4.25. The smallest absolute Gasteiger partial charge is 0.158 e. The summed E-state index contributed by atoms with van der Waals surface area (Å²) in [5, 5.41) is 0. The Morgan fingerprint density at radius 3 is 1.70 bits per heavy atom. The topological polar surface area (TPSA) is 36.9 Å². The maximum atomic E-state index is 5.54. The molecule has 0 aliphatic carbocycles. The van der Waals surface area contributed by atoms with Crippen LogP contribution in [0.1, 0.15) is 38.5 Å². The van der Waals surface area contributed by atoms with Crippen molar-refractivity contribution in [1.82, 2.24) is 0 Å². The summed E-state index contributed by atoms with van der Waals surface area (Å²) in [4.78, 5) is 0. The quantitative estimate of drug-likeness (QED) is 0.550. The minimum atomic E-state index is -0.0512. The summed E-state index contributed by atoms with van der Waals surface area (Å²) in [6.45, 7) is 2.52. The van der Waals surface area contributed by atoms with Gasteiger partial charge in [-0.3, -0.25) is 0 Å². The number of hydrogen-bond acceptors (Lipinski definition) is 5. The Hall–Kier alpha value is -0.690. The molecule has 0 aromatic carbocycles. The average Bonchev–Trinajstić information content (AvgIpc) is 2.61. The molecule has 2 atom stereocenters. The van der Waals surface area contributed by atoms with E-state index >= 15 is 0 Å². The predicted molar refractivity (Wildman–Crippen MR) is 92.0 cm³/mol. The summed E-state index contributed by atoms with van der Waals surface area (Å²) >= 11 is 1.70. The molecule has 0 N–H and O–H groups in total. The van der Waals surface area contributed by atoms with Crippen LogP contribution >= 0.6 is 11.8 Å². The lowest BCUT2D eigenvalue weighted by Crippen LogP contribution is -2.22. The van der Waals surface area contributed by atoms with Crippen LogP contribution in [0.15, 0.2) is 0 Å². The average molecular weight is 338 g/mol. The van der Waals surface area contributed by atoms with Crippen molar-refractivity contribution in [2.24, 2.45) is 0 Å². The van der Waals surface area contributed by atoms with Crippen molar-refractivity contribution in [2.75, 3.05) is 37.9 Å². The molecule has 23 heavy (non-hydrogen) atoms. The standard InChI is InChI=1S/C18H26O4S/c1-3-11-19-17(9-1)21-13-5-7-15-23-16-8-6-14-22-18-10-2-4-12-20-18/h17-18H,1-4,9-16H2. The van der Waals surface area contributed by atoms with Gasteiger partial charge in [0.05, 0.1) is 11.5 Å². The van der Waals surface area contributed by atoms with Crippen molar-refractivity contribution in [3.63, 3.8) is 0 Å². The van der Waals surface area contributed by atoms with Crippen LogP contribution < -0.4 is 0 Å². The summed E-state index contributed by atoms with van der Waals surface area (Å²) in [5.41, 5.74) is 0. The summed E-state index contributed by atoms with van der Waals surface area (Å²) in [6.07, 6.45) is 6.52. The van der Waals surface area contributed by atoms with Crippen molar-refractivity contribution in [2.45, 2.75) is 51.1 Å². The molecule has 128 valence electrons. The largest absolute Gasteiger partial charge is 0.353 e. The lowest BCUT2D eigenvalue weighted by molar-refractivity contribution is -0.154. The molecule has 2 heterocycles. The first-order valence-electron chi connectivity index (χ1n) is 8.41. The molecule has 2 aliphatic rings. The van der Waals surface area contributed by atoms with Crippen molar-refractivity contribution < 1.29 is 18.9 Å². The SMILES string of the molecule is C(#CCSCC#CCOC1CCCCO1)COC1CCCCO1. The predicted octanol–water partition coefficient (Wildman–Crippen LogP) is 2.81.